The second kappa shape index (κ2) is 6.00. The Labute approximate surface area is 117 Å². The summed E-state index contributed by atoms with van der Waals surface area (Å²) in [4.78, 5) is 26.8. The van der Waals surface area contributed by atoms with Crippen molar-refractivity contribution in [1.29, 1.82) is 0 Å². The van der Waals surface area contributed by atoms with Crippen LogP contribution in [-0.2, 0) is 9.53 Å². The van der Waals surface area contributed by atoms with E-state index in [2.05, 4.69) is 0 Å². The SMILES string of the molecule is COCCN(C)C(=O)N1C(C(=O)O)CSC1C1CC1. The highest BCUT2D eigenvalue weighted by atomic mass is 32.2. The minimum Gasteiger partial charge on any atom is -0.480 e. The molecule has 108 valence electrons. The molecule has 1 aliphatic heterocycles. The van der Waals surface area contributed by atoms with Crippen LogP contribution in [0.3, 0.4) is 0 Å². The molecule has 1 saturated carbocycles. The van der Waals surface area contributed by atoms with Crippen LogP contribution in [0, 0.1) is 5.92 Å². The summed E-state index contributed by atoms with van der Waals surface area (Å²) in [6.45, 7) is 0.926. The molecule has 0 spiro atoms. The largest absolute Gasteiger partial charge is 0.480 e. The number of urea groups is 1. The van der Waals surface area contributed by atoms with Gasteiger partial charge in [0.15, 0.2) is 0 Å². The molecule has 19 heavy (non-hydrogen) atoms. The molecule has 2 fully saturated rings. The van der Waals surface area contributed by atoms with Gasteiger partial charge >= 0.3 is 12.0 Å². The Morgan fingerprint density at radius 1 is 1.47 bits per heavy atom. The number of thioether (sulfide) groups is 1. The van der Waals surface area contributed by atoms with Crippen molar-refractivity contribution in [3.05, 3.63) is 0 Å². The molecule has 1 N–H and O–H groups in total. The number of hydrogen-bond donors (Lipinski definition) is 1. The quantitative estimate of drug-likeness (QED) is 0.814. The van der Waals surface area contributed by atoms with Crippen LogP contribution in [0.15, 0.2) is 0 Å². The van der Waals surface area contributed by atoms with E-state index in [4.69, 9.17) is 4.74 Å². The molecule has 0 bridgehead atoms. The molecule has 2 atom stereocenters. The van der Waals surface area contributed by atoms with E-state index in [1.165, 1.54) is 0 Å². The number of hydrogen-bond acceptors (Lipinski definition) is 4. The summed E-state index contributed by atoms with van der Waals surface area (Å²) in [6, 6.07) is -0.903. The first-order valence-electron chi connectivity index (χ1n) is 6.43. The van der Waals surface area contributed by atoms with E-state index >= 15 is 0 Å². The lowest BCUT2D eigenvalue weighted by molar-refractivity contribution is -0.141. The number of carboxylic acid groups (broad SMARTS) is 1. The molecule has 2 amide bonds. The summed E-state index contributed by atoms with van der Waals surface area (Å²) in [5.74, 6) is 0.0404. The van der Waals surface area contributed by atoms with E-state index in [0.29, 0.717) is 24.8 Å². The van der Waals surface area contributed by atoms with Gasteiger partial charge in [-0.3, -0.25) is 4.90 Å². The van der Waals surface area contributed by atoms with Gasteiger partial charge in [0.2, 0.25) is 0 Å². The zero-order valence-corrected chi connectivity index (χ0v) is 12.1. The van der Waals surface area contributed by atoms with Gasteiger partial charge < -0.3 is 14.7 Å². The highest BCUT2D eigenvalue weighted by molar-refractivity contribution is 8.00. The average Bonchev–Trinajstić information content (AvgIpc) is 3.13. The number of nitrogens with zero attached hydrogens (tertiary/aromatic N) is 2. The van der Waals surface area contributed by atoms with Gasteiger partial charge in [0.25, 0.3) is 0 Å². The minimum atomic E-state index is -0.913. The Balaban J connectivity index is 2.06. The van der Waals surface area contributed by atoms with Gasteiger partial charge in [-0.2, -0.15) is 0 Å². The molecular weight excluding hydrogens is 268 g/mol. The fourth-order valence-corrected chi connectivity index (χ4v) is 3.85. The molecule has 1 heterocycles. The number of likely N-dealkylation sites (N-methyl/N-ethyl adjacent to an activating group) is 1. The van der Waals surface area contributed by atoms with Crippen LogP contribution in [0.4, 0.5) is 4.79 Å². The Morgan fingerprint density at radius 3 is 2.68 bits per heavy atom. The number of rotatable bonds is 5. The molecule has 6 nitrogen and oxygen atoms in total. The number of carbonyl (C=O) groups excluding carboxylic acids is 1. The second-order valence-electron chi connectivity index (χ2n) is 5.02. The van der Waals surface area contributed by atoms with E-state index < -0.39 is 12.0 Å². The first-order chi connectivity index (χ1) is 9.06. The number of methoxy groups -OCH3 is 1. The average molecular weight is 288 g/mol. The van der Waals surface area contributed by atoms with Crippen molar-refractivity contribution in [2.75, 3.05) is 33.1 Å². The summed E-state index contributed by atoms with van der Waals surface area (Å²) in [6.07, 6.45) is 2.19. The topological polar surface area (TPSA) is 70.1 Å². The van der Waals surface area contributed by atoms with E-state index in [0.717, 1.165) is 12.8 Å². The zero-order chi connectivity index (χ0) is 14.0. The number of ether oxygens (including phenoxy) is 1. The molecule has 0 radical (unpaired) electrons. The smallest absolute Gasteiger partial charge is 0.327 e. The van der Waals surface area contributed by atoms with Gasteiger partial charge in [-0.05, 0) is 18.8 Å². The lowest BCUT2D eigenvalue weighted by Crippen LogP contribution is -2.51. The normalized spacial score (nSPS) is 26.5. The van der Waals surface area contributed by atoms with Gasteiger partial charge in [-0.25, -0.2) is 9.59 Å². The number of carboxylic acids is 1. The minimum absolute atomic E-state index is 0.0265. The maximum absolute atomic E-state index is 12.4. The van der Waals surface area contributed by atoms with Crippen LogP contribution in [0.1, 0.15) is 12.8 Å². The fourth-order valence-electron chi connectivity index (χ4n) is 2.23. The summed E-state index contributed by atoms with van der Waals surface area (Å²) in [5.41, 5.74) is 0. The van der Waals surface area contributed by atoms with Crippen molar-refractivity contribution >= 4 is 23.8 Å². The molecule has 2 unspecified atom stereocenters. The van der Waals surface area contributed by atoms with Crippen LogP contribution >= 0.6 is 11.8 Å². The summed E-state index contributed by atoms with van der Waals surface area (Å²) < 4.78 is 4.95. The molecule has 1 saturated heterocycles. The lowest BCUT2D eigenvalue weighted by Gasteiger charge is -2.31. The molecular formula is C12H20N2O4S. The Kier molecular flexibility index (Phi) is 4.57. The highest BCUT2D eigenvalue weighted by Crippen LogP contribution is 2.45. The first-order valence-corrected chi connectivity index (χ1v) is 7.48. The third kappa shape index (κ3) is 3.14. The molecule has 7 heteroatoms. The van der Waals surface area contributed by atoms with Crippen molar-refractivity contribution in [1.82, 2.24) is 9.80 Å². The van der Waals surface area contributed by atoms with E-state index in [1.54, 1.807) is 35.7 Å². The van der Waals surface area contributed by atoms with Gasteiger partial charge in [0, 0.05) is 26.5 Å². The standard InChI is InChI=1S/C12H20N2O4S/c1-13(5-6-18-2)12(17)14-9(11(15)16)7-19-10(14)8-3-4-8/h8-10H,3-7H2,1-2H3,(H,15,16). The number of aliphatic carboxylic acids is 1. The van der Waals surface area contributed by atoms with Crippen molar-refractivity contribution in [3.63, 3.8) is 0 Å². The van der Waals surface area contributed by atoms with Crippen molar-refractivity contribution in [2.24, 2.45) is 5.92 Å². The van der Waals surface area contributed by atoms with Gasteiger partial charge in [0.1, 0.15) is 6.04 Å². The molecule has 0 aromatic rings. The first kappa shape index (κ1) is 14.5. The van der Waals surface area contributed by atoms with E-state index in [9.17, 15) is 14.7 Å². The predicted octanol–water partition coefficient (Wildman–Crippen LogP) is 0.923. The second-order valence-corrected chi connectivity index (χ2v) is 6.17. The third-order valence-electron chi connectivity index (χ3n) is 3.52. The van der Waals surface area contributed by atoms with Crippen LogP contribution in [-0.4, -0.2) is 71.4 Å². The maximum atomic E-state index is 12.4. The lowest BCUT2D eigenvalue weighted by atomic mass is 10.2. The van der Waals surface area contributed by atoms with Crippen molar-refractivity contribution < 1.29 is 19.4 Å². The summed E-state index contributed by atoms with van der Waals surface area (Å²) in [5, 5.41) is 9.29. The summed E-state index contributed by atoms with van der Waals surface area (Å²) in [7, 11) is 3.27. The van der Waals surface area contributed by atoms with Crippen LogP contribution in [0.5, 0.6) is 0 Å². The zero-order valence-electron chi connectivity index (χ0n) is 11.2. The predicted molar refractivity (Wildman–Crippen MR) is 72.1 cm³/mol. The number of carbonyl (C=O) groups is 2. The molecule has 0 aromatic heterocycles. The fraction of sp³-hybridized carbons (Fsp3) is 0.833. The Morgan fingerprint density at radius 2 is 2.16 bits per heavy atom. The summed E-state index contributed by atoms with van der Waals surface area (Å²) >= 11 is 1.59. The Bertz CT molecular complexity index is 362. The molecule has 0 aromatic carbocycles. The highest BCUT2D eigenvalue weighted by Gasteiger charge is 2.48. The van der Waals surface area contributed by atoms with Gasteiger partial charge in [-0.15, -0.1) is 11.8 Å². The van der Waals surface area contributed by atoms with Crippen molar-refractivity contribution in [3.8, 4) is 0 Å². The molecule has 2 aliphatic rings. The van der Waals surface area contributed by atoms with Crippen LogP contribution in [0.2, 0.25) is 0 Å². The third-order valence-corrected chi connectivity index (χ3v) is 4.99. The van der Waals surface area contributed by atoms with Crippen LogP contribution < -0.4 is 0 Å². The van der Waals surface area contributed by atoms with E-state index in [-0.39, 0.29) is 11.4 Å². The monoisotopic (exact) mass is 288 g/mol. The Hall–Kier alpha value is -0.950. The molecule has 2 rings (SSSR count). The van der Waals surface area contributed by atoms with Crippen molar-refractivity contribution in [2.45, 2.75) is 24.3 Å². The number of amides is 2. The van der Waals surface area contributed by atoms with Gasteiger partial charge in [-0.1, -0.05) is 0 Å². The van der Waals surface area contributed by atoms with Crippen LogP contribution in [0.25, 0.3) is 0 Å². The maximum Gasteiger partial charge on any atom is 0.327 e. The van der Waals surface area contributed by atoms with Gasteiger partial charge in [0.05, 0.1) is 12.0 Å². The van der Waals surface area contributed by atoms with E-state index in [1.807, 2.05) is 0 Å². The molecule has 1 aliphatic carbocycles.